The molecule has 2 heteroatoms. The van der Waals surface area contributed by atoms with Gasteiger partial charge in [-0.25, -0.2) is 0 Å². The lowest BCUT2D eigenvalue weighted by atomic mass is 9.78. The lowest BCUT2D eigenvalue weighted by molar-refractivity contribution is 0.104. The zero-order chi connectivity index (χ0) is 26.3. The van der Waals surface area contributed by atoms with Crippen LogP contribution in [0, 0.1) is 0 Å². The Labute approximate surface area is 208 Å². The maximum atomic E-state index is 13.6. The summed E-state index contributed by atoms with van der Waals surface area (Å²) < 4.78 is 5.82. The molecule has 2 nitrogen and oxygen atoms in total. The third kappa shape index (κ3) is 6.62. The molecular formula is C32H46O2. The predicted octanol–water partition coefficient (Wildman–Crippen LogP) is 8.78. The van der Waals surface area contributed by atoms with Crippen molar-refractivity contribution in [1.82, 2.24) is 0 Å². The number of allylic oxidation sites excluding steroid dienone is 1. The van der Waals surface area contributed by atoms with Crippen LogP contribution in [0.3, 0.4) is 0 Å². The highest BCUT2D eigenvalue weighted by molar-refractivity contribution is 6.09. The van der Waals surface area contributed by atoms with E-state index in [9.17, 15) is 4.79 Å². The molecule has 0 spiro atoms. The second-order valence-electron chi connectivity index (χ2n) is 13.6. The van der Waals surface area contributed by atoms with Crippen LogP contribution in [-0.4, -0.2) is 12.9 Å². The van der Waals surface area contributed by atoms with Crippen molar-refractivity contribution in [3.63, 3.8) is 0 Å². The van der Waals surface area contributed by atoms with Gasteiger partial charge in [-0.3, -0.25) is 4.79 Å². The molecule has 0 amide bonds. The van der Waals surface area contributed by atoms with Crippen molar-refractivity contribution >= 4 is 11.9 Å². The van der Waals surface area contributed by atoms with Crippen molar-refractivity contribution in [3.05, 3.63) is 69.8 Å². The van der Waals surface area contributed by atoms with Crippen LogP contribution in [0.2, 0.25) is 0 Å². The van der Waals surface area contributed by atoms with Gasteiger partial charge in [0.15, 0.2) is 5.78 Å². The Hall–Kier alpha value is -2.35. The molecule has 2 aromatic carbocycles. The number of ether oxygens (including phenoxy) is 1. The highest BCUT2D eigenvalue weighted by Gasteiger charge is 2.27. The van der Waals surface area contributed by atoms with Gasteiger partial charge in [0.2, 0.25) is 0 Å². The molecule has 0 radical (unpaired) electrons. The van der Waals surface area contributed by atoms with E-state index in [2.05, 4.69) is 107 Å². The van der Waals surface area contributed by atoms with E-state index in [1.807, 2.05) is 12.1 Å². The smallest absolute Gasteiger partial charge is 0.189 e. The van der Waals surface area contributed by atoms with E-state index in [0.717, 1.165) is 16.7 Å². The second kappa shape index (κ2) is 9.36. The lowest BCUT2D eigenvalue weighted by Crippen LogP contribution is -2.19. The summed E-state index contributed by atoms with van der Waals surface area (Å²) in [6.45, 7) is 26.4. The van der Waals surface area contributed by atoms with Gasteiger partial charge in [-0.1, -0.05) is 113 Å². The largest absolute Gasteiger partial charge is 0.496 e. The van der Waals surface area contributed by atoms with E-state index < -0.39 is 0 Å². The Bertz CT molecular complexity index is 1040. The van der Waals surface area contributed by atoms with Gasteiger partial charge in [-0.05, 0) is 56.1 Å². The number of ketones is 1. The molecule has 0 atom stereocenters. The van der Waals surface area contributed by atoms with Gasteiger partial charge in [0.05, 0.1) is 12.7 Å². The van der Waals surface area contributed by atoms with Crippen LogP contribution in [0.1, 0.15) is 121 Å². The maximum absolute atomic E-state index is 13.6. The standard InChI is InChI=1S/C32H46O2/c1-29(2,3)22-16-21(17-23(18-22)30(4,5)6)14-15-27(33)25-19-24(31(7,8)9)20-26(28(25)34-13)32(10,11)12/h14-20H,1-13H3/b15-14+. The molecule has 0 aliphatic heterocycles. The molecule has 2 rings (SSSR count). The number of hydrogen-bond acceptors (Lipinski definition) is 2. The highest BCUT2D eigenvalue weighted by Crippen LogP contribution is 2.39. The van der Waals surface area contributed by atoms with Gasteiger partial charge < -0.3 is 4.74 Å². The van der Waals surface area contributed by atoms with Crippen molar-refractivity contribution in [2.75, 3.05) is 7.11 Å². The molecule has 186 valence electrons. The average molecular weight is 463 g/mol. The molecule has 0 bridgehead atoms. The number of carbonyl (C=O) groups is 1. The lowest BCUT2D eigenvalue weighted by Gasteiger charge is -2.28. The fourth-order valence-corrected chi connectivity index (χ4v) is 3.90. The summed E-state index contributed by atoms with van der Waals surface area (Å²) in [5.74, 6) is 0.640. The molecule has 0 N–H and O–H groups in total. The molecule has 0 unspecified atom stereocenters. The van der Waals surface area contributed by atoms with Gasteiger partial charge in [0.25, 0.3) is 0 Å². The molecule has 0 saturated carbocycles. The van der Waals surface area contributed by atoms with E-state index >= 15 is 0 Å². The van der Waals surface area contributed by atoms with Crippen LogP contribution >= 0.6 is 0 Å². The summed E-state index contributed by atoms with van der Waals surface area (Å²) in [6.07, 6.45) is 3.65. The van der Waals surface area contributed by atoms with Crippen molar-refractivity contribution in [2.24, 2.45) is 0 Å². The van der Waals surface area contributed by atoms with E-state index in [1.165, 1.54) is 11.1 Å². The van der Waals surface area contributed by atoms with Crippen LogP contribution < -0.4 is 4.74 Å². The van der Waals surface area contributed by atoms with Gasteiger partial charge in [0, 0.05) is 5.56 Å². The first kappa shape index (κ1) is 27.9. The molecule has 0 aliphatic rings. The molecule has 2 aromatic rings. The average Bonchev–Trinajstić information content (AvgIpc) is 2.68. The third-order valence-electron chi connectivity index (χ3n) is 6.35. The quantitative estimate of drug-likeness (QED) is 0.335. The predicted molar refractivity (Wildman–Crippen MR) is 148 cm³/mol. The van der Waals surface area contributed by atoms with Crippen LogP contribution in [-0.2, 0) is 21.7 Å². The Balaban J connectivity index is 2.65. The van der Waals surface area contributed by atoms with E-state index in [4.69, 9.17) is 4.74 Å². The van der Waals surface area contributed by atoms with Crippen molar-refractivity contribution in [3.8, 4) is 5.75 Å². The summed E-state index contributed by atoms with van der Waals surface area (Å²) in [6, 6.07) is 10.9. The molecule has 0 aromatic heterocycles. The summed E-state index contributed by atoms with van der Waals surface area (Å²) in [5, 5.41) is 0. The van der Waals surface area contributed by atoms with Crippen molar-refractivity contribution < 1.29 is 9.53 Å². The molecule has 0 saturated heterocycles. The fourth-order valence-electron chi connectivity index (χ4n) is 3.90. The molecule has 0 fully saturated rings. The number of hydrogen-bond donors (Lipinski definition) is 0. The van der Waals surface area contributed by atoms with Crippen molar-refractivity contribution in [1.29, 1.82) is 0 Å². The van der Waals surface area contributed by atoms with Gasteiger partial charge in [-0.2, -0.15) is 0 Å². The minimum Gasteiger partial charge on any atom is -0.496 e. The topological polar surface area (TPSA) is 26.3 Å². The van der Waals surface area contributed by atoms with Gasteiger partial charge >= 0.3 is 0 Å². The van der Waals surface area contributed by atoms with Crippen LogP contribution in [0.5, 0.6) is 5.75 Å². The SMILES string of the molecule is COc1c(C(=O)/C=C/c2cc(C(C)(C)C)cc(C(C)(C)C)c2)cc(C(C)(C)C)cc1C(C)(C)C. The van der Waals surface area contributed by atoms with Crippen molar-refractivity contribution in [2.45, 2.75) is 105 Å². The number of rotatable bonds is 4. The number of carbonyl (C=O) groups excluding carboxylic acids is 1. The van der Waals surface area contributed by atoms with Gasteiger partial charge in [0.1, 0.15) is 5.75 Å². The van der Waals surface area contributed by atoms with E-state index in [-0.39, 0.29) is 27.4 Å². The maximum Gasteiger partial charge on any atom is 0.189 e. The first-order valence-corrected chi connectivity index (χ1v) is 12.4. The Morgan fingerprint density at radius 2 is 1.09 bits per heavy atom. The monoisotopic (exact) mass is 462 g/mol. The summed E-state index contributed by atoms with van der Waals surface area (Å²) >= 11 is 0. The first-order chi connectivity index (χ1) is 15.2. The molecule has 34 heavy (non-hydrogen) atoms. The Kier molecular flexibility index (Phi) is 7.68. The zero-order valence-electron chi connectivity index (χ0n) is 23.9. The molecular weight excluding hydrogens is 416 g/mol. The van der Waals surface area contributed by atoms with Gasteiger partial charge in [-0.15, -0.1) is 0 Å². The number of benzene rings is 2. The van der Waals surface area contributed by atoms with Crippen LogP contribution in [0.15, 0.2) is 36.4 Å². The second-order valence-corrected chi connectivity index (χ2v) is 13.6. The zero-order valence-corrected chi connectivity index (χ0v) is 23.9. The summed E-state index contributed by atoms with van der Waals surface area (Å²) in [5.41, 5.74) is 6.25. The highest BCUT2D eigenvalue weighted by atomic mass is 16.5. The fraction of sp³-hybridized carbons (Fsp3) is 0.531. The molecule has 0 heterocycles. The van der Waals surface area contributed by atoms with E-state index in [1.54, 1.807) is 13.2 Å². The summed E-state index contributed by atoms with van der Waals surface area (Å²) in [7, 11) is 1.66. The van der Waals surface area contributed by atoms with Crippen LogP contribution in [0.25, 0.3) is 6.08 Å². The minimum absolute atomic E-state index is 0.0275. The summed E-state index contributed by atoms with van der Waals surface area (Å²) in [4.78, 5) is 13.6. The normalized spacial score (nSPS) is 13.4. The Morgan fingerprint density at radius 1 is 0.647 bits per heavy atom. The Morgan fingerprint density at radius 3 is 1.47 bits per heavy atom. The first-order valence-electron chi connectivity index (χ1n) is 12.4. The number of methoxy groups -OCH3 is 1. The minimum atomic E-state index is -0.145. The molecule has 0 aliphatic carbocycles. The third-order valence-corrected chi connectivity index (χ3v) is 6.35. The van der Waals surface area contributed by atoms with E-state index in [0.29, 0.717) is 11.3 Å². The van der Waals surface area contributed by atoms with Crippen LogP contribution in [0.4, 0.5) is 0 Å².